The Labute approximate surface area is 109 Å². The molecule has 0 bridgehead atoms. The number of hydrazine groups is 1. The second-order valence-corrected chi connectivity index (χ2v) is 3.72. The zero-order chi connectivity index (χ0) is 13.7. The van der Waals surface area contributed by atoms with E-state index in [1.807, 2.05) is 0 Å². The van der Waals surface area contributed by atoms with E-state index in [-0.39, 0.29) is 17.3 Å². The first-order valence-corrected chi connectivity index (χ1v) is 5.53. The fraction of sp³-hybridized carbons (Fsp3) is 0. The lowest BCUT2D eigenvalue weighted by Gasteiger charge is -2.08. The number of rotatable bonds is 4. The van der Waals surface area contributed by atoms with Crippen LogP contribution in [0.3, 0.4) is 0 Å². The summed E-state index contributed by atoms with van der Waals surface area (Å²) in [6, 6.07) is 14.6. The smallest absolute Gasteiger partial charge is 0.292 e. The van der Waals surface area contributed by atoms with Crippen molar-refractivity contribution in [1.82, 2.24) is 5.43 Å². The first-order chi connectivity index (χ1) is 9.18. The van der Waals surface area contributed by atoms with Gasteiger partial charge >= 0.3 is 0 Å². The molecule has 0 atom stereocenters. The molecule has 0 radical (unpaired) electrons. The Hall–Kier alpha value is -2.89. The molecule has 1 amide bonds. The maximum Gasteiger partial charge on any atom is 0.294 e. The van der Waals surface area contributed by atoms with Crippen LogP contribution < -0.4 is 10.9 Å². The largest absolute Gasteiger partial charge is 0.294 e. The van der Waals surface area contributed by atoms with Crippen LogP contribution in [0.1, 0.15) is 10.4 Å². The lowest BCUT2D eigenvalue weighted by Crippen LogP contribution is -2.29. The Morgan fingerprint density at radius 1 is 1.00 bits per heavy atom. The standard InChI is InChI=1S/C13H11N3O3/c17-13(10-6-2-1-3-7-10)15-14-11-8-4-5-9-12(11)16(18)19/h1-9,14H,(H,15,17). The maximum atomic E-state index is 11.8. The summed E-state index contributed by atoms with van der Waals surface area (Å²) in [5, 5.41) is 10.8. The minimum absolute atomic E-state index is 0.101. The first-order valence-electron chi connectivity index (χ1n) is 5.53. The molecule has 0 aliphatic rings. The van der Waals surface area contributed by atoms with Crippen LogP contribution in [0.25, 0.3) is 0 Å². The van der Waals surface area contributed by atoms with Crippen molar-refractivity contribution < 1.29 is 9.72 Å². The first kappa shape index (κ1) is 12.6. The van der Waals surface area contributed by atoms with Crippen molar-refractivity contribution in [3.8, 4) is 0 Å². The fourth-order valence-electron chi connectivity index (χ4n) is 1.52. The summed E-state index contributed by atoms with van der Waals surface area (Å²) < 4.78 is 0. The molecular formula is C13H11N3O3. The summed E-state index contributed by atoms with van der Waals surface area (Å²) in [4.78, 5) is 22.0. The third kappa shape index (κ3) is 3.06. The highest BCUT2D eigenvalue weighted by Crippen LogP contribution is 2.22. The summed E-state index contributed by atoms with van der Waals surface area (Å²) in [6.07, 6.45) is 0. The van der Waals surface area contributed by atoms with Gasteiger partial charge in [-0.2, -0.15) is 0 Å². The quantitative estimate of drug-likeness (QED) is 0.650. The van der Waals surface area contributed by atoms with Gasteiger partial charge in [0.1, 0.15) is 5.69 Å². The van der Waals surface area contributed by atoms with Crippen LogP contribution >= 0.6 is 0 Å². The van der Waals surface area contributed by atoms with Gasteiger partial charge in [0.2, 0.25) is 0 Å². The molecule has 2 rings (SSSR count). The number of nitrogens with one attached hydrogen (secondary N) is 2. The van der Waals surface area contributed by atoms with Crippen molar-refractivity contribution in [2.24, 2.45) is 0 Å². The van der Waals surface area contributed by atoms with Crippen molar-refractivity contribution in [2.45, 2.75) is 0 Å². The van der Waals surface area contributed by atoms with Gasteiger partial charge in [0.25, 0.3) is 11.6 Å². The number of nitro groups is 1. The Kier molecular flexibility index (Phi) is 3.72. The van der Waals surface area contributed by atoms with E-state index < -0.39 is 4.92 Å². The molecule has 0 aliphatic carbocycles. The van der Waals surface area contributed by atoms with Crippen LogP contribution in [0.15, 0.2) is 54.6 Å². The summed E-state index contributed by atoms with van der Waals surface area (Å²) in [7, 11) is 0. The number of carbonyl (C=O) groups excluding carboxylic acids is 1. The van der Waals surface area contributed by atoms with Crippen LogP contribution in [0.4, 0.5) is 11.4 Å². The van der Waals surface area contributed by atoms with E-state index in [0.29, 0.717) is 5.56 Å². The van der Waals surface area contributed by atoms with Crippen LogP contribution in [-0.2, 0) is 0 Å². The summed E-state index contributed by atoms with van der Waals surface area (Å²) in [5.74, 6) is -0.362. The molecular weight excluding hydrogens is 246 g/mol. The molecule has 2 aromatic rings. The number of carbonyl (C=O) groups is 1. The number of anilines is 1. The Balaban J connectivity index is 2.07. The van der Waals surface area contributed by atoms with Gasteiger partial charge in [-0.15, -0.1) is 0 Å². The van der Waals surface area contributed by atoms with Crippen LogP contribution in [0.2, 0.25) is 0 Å². The van der Waals surface area contributed by atoms with Gasteiger partial charge in [0.05, 0.1) is 4.92 Å². The Morgan fingerprint density at radius 3 is 2.32 bits per heavy atom. The number of benzene rings is 2. The number of nitro benzene ring substituents is 1. The van der Waals surface area contributed by atoms with Gasteiger partial charge in [0.15, 0.2) is 0 Å². The van der Waals surface area contributed by atoms with E-state index in [1.165, 1.54) is 12.1 Å². The molecule has 6 heteroatoms. The van der Waals surface area contributed by atoms with E-state index in [0.717, 1.165) is 0 Å². The predicted octanol–water partition coefficient (Wildman–Crippen LogP) is 2.35. The van der Waals surface area contributed by atoms with Crippen LogP contribution in [0.5, 0.6) is 0 Å². The fourth-order valence-corrected chi connectivity index (χ4v) is 1.52. The second kappa shape index (κ2) is 5.63. The molecule has 19 heavy (non-hydrogen) atoms. The van der Waals surface area contributed by atoms with Gasteiger partial charge in [-0.05, 0) is 18.2 Å². The third-order valence-electron chi connectivity index (χ3n) is 2.45. The topological polar surface area (TPSA) is 84.3 Å². The van der Waals surface area contributed by atoms with Gasteiger partial charge < -0.3 is 0 Å². The van der Waals surface area contributed by atoms with E-state index in [2.05, 4.69) is 10.9 Å². The molecule has 2 N–H and O–H groups in total. The summed E-state index contributed by atoms with van der Waals surface area (Å²) in [5.41, 5.74) is 5.57. The van der Waals surface area contributed by atoms with Crippen molar-refractivity contribution in [1.29, 1.82) is 0 Å². The van der Waals surface area contributed by atoms with Crippen molar-refractivity contribution in [3.63, 3.8) is 0 Å². The monoisotopic (exact) mass is 257 g/mol. The van der Waals surface area contributed by atoms with Crippen molar-refractivity contribution in [3.05, 3.63) is 70.3 Å². The molecule has 96 valence electrons. The van der Waals surface area contributed by atoms with Crippen molar-refractivity contribution in [2.75, 3.05) is 5.43 Å². The van der Waals surface area contributed by atoms with Crippen LogP contribution in [-0.4, -0.2) is 10.8 Å². The van der Waals surface area contributed by atoms with E-state index in [9.17, 15) is 14.9 Å². The van der Waals surface area contributed by atoms with E-state index >= 15 is 0 Å². The average Bonchev–Trinajstić information content (AvgIpc) is 2.46. The molecule has 0 saturated heterocycles. The highest BCUT2D eigenvalue weighted by molar-refractivity contribution is 5.95. The van der Waals surface area contributed by atoms with E-state index in [4.69, 9.17) is 0 Å². The number of amides is 1. The molecule has 0 aromatic heterocycles. The summed E-state index contributed by atoms with van der Waals surface area (Å²) >= 11 is 0. The zero-order valence-corrected chi connectivity index (χ0v) is 9.87. The highest BCUT2D eigenvalue weighted by Gasteiger charge is 2.12. The zero-order valence-electron chi connectivity index (χ0n) is 9.87. The number of hydrogen-bond donors (Lipinski definition) is 2. The molecule has 6 nitrogen and oxygen atoms in total. The third-order valence-corrected chi connectivity index (χ3v) is 2.45. The van der Waals surface area contributed by atoms with Gasteiger partial charge in [-0.25, -0.2) is 0 Å². The molecule has 0 spiro atoms. The molecule has 0 unspecified atom stereocenters. The molecule has 2 aromatic carbocycles. The van der Waals surface area contributed by atoms with E-state index in [1.54, 1.807) is 42.5 Å². The highest BCUT2D eigenvalue weighted by atomic mass is 16.6. The number of nitrogens with zero attached hydrogens (tertiary/aromatic N) is 1. The number of hydrogen-bond acceptors (Lipinski definition) is 4. The van der Waals surface area contributed by atoms with Crippen LogP contribution in [0, 0.1) is 10.1 Å². The lowest BCUT2D eigenvalue weighted by atomic mass is 10.2. The minimum Gasteiger partial charge on any atom is -0.292 e. The Morgan fingerprint density at radius 2 is 1.63 bits per heavy atom. The van der Waals surface area contributed by atoms with Gasteiger partial charge in [0, 0.05) is 11.6 Å². The normalized spacial score (nSPS) is 9.68. The average molecular weight is 257 g/mol. The second-order valence-electron chi connectivity index (χ2n) is 3.72. The molecule has 0 saturated carbocycles. The predicted molar refractivity (Wildman–Crippen MR) is 70.6 cm³/mol. The number of para-hydroxylation sites is 2. The maximum absolute atomic E-state index is 11.8. The van der Waals surface area contributed by atoms with Crippen molar-refractivity contribution >= 4 is 17.3 Å². The molecule has 0 fully saturated rings. The van der Waals surface area contributed by atoms with Gasteiger partial charge in [-0.1, -0.05) is 30.3 Å². The minimum atomic E-state index is -0.517. The molecule has 0 aliphatic heterocycles. The Bertz CT molecular complexity index is 599. The van der Waals surface area contributed by atoms with Gasteiger partial charge in [-0.3, -0.25) is 25.8 Å². The molecule has 0 heterocycles. The summed E-state index contributed by atoms with van der Waals surface area (Å²) in [6.45, 7) is 0. The lowest BCUT2D eigenvalue weighted by molar-refractivity contribution is -0.384. The SMILES string of the molecule is O=C(NNc1ccccc1[N+](=O)[O-])c1ccccc1.